The van der Waals surface area contributed by atoms with Gasteiger partial charge in [0, 0.05) is 25.2 Å². The van der Waals surface area contributed by atoms with Gasteiger partial charge >= 0.3 is 0 Å². The van der Waals surface area contributed by atoms with Crippen LogP contribution >= 0.6 is 0 Å². The van der Waals surface area contributed by atoms with Crippen LogP contribution in [-0.2, 0) is 16.6 Å². The molecule has 1 fully saturated rings. The molecule has 1 N–H and O–H groups in total. The molecule has 25 heavy (non-hydrogen) atoms. The molecular weight excluding hydrogens is 336 g/mol. The van der Waals surface area contributed by atoms with Gasteiger partial charge in [0.2, 0.25) is 0 Å². The molecule has 7 heteroatoms. The molecule has 0 aliphatic carbocycles. The fourth-order valence-corrected chi connectivity index (χ4v) is 4.65. The summed E-state index contributed by atoms with van der Waals surface area (Å²) in [6.45, 7) is 2.54. The summed E-state index contributed by atoms with van der Waals surface area (Å²) in [5.41, 5.74) is 1.65. The molecule has 0 spiro atoms. The number of fused-ring (bicyclic) bond motifs is 1. The molecule has 130 valence electrons. The van der Waals surface area contributed by atoms with Gasteiger partial charge in [0.1, 0.15) is 10.7 Å². The van der Waals surface area contributed by atoms with Gasteiger partial charge in [-0.3, -0.25) is 9.88 Å². The molecule has 0 unspecified atom stereocenters. The van der Waals surface area contributed by atoms with Crippen LogP contribution in [0.2, 0.25) is 0 Å². The van der Waals surface area contributed by atoms with Crippen molar-refractivity contribution in [3.05, 3.63) is 54.4 Å². The smallest absolute Gasteiger partial charge is 0.286 e. The van der Waals surface area contributed by atoms with Crippen molar-refractivity contribution in [3.8, 4) is 0 Å². The van der Waals surface area contributed by atoms with E-state index in [1.54, 1.807) is 24.4 Å². The molecule has 3 heterocycles. The van der Waals surface area contributed by atoms with Gasteiger partial charge in [-0.2, -0.15) is 8.42 Å². The maximum atomic E-state index is 12.4. The topological polar surface area (TPSA) is 74.7 Å². The van der Waals surface area contributed by atoms with Crippen molar-refractivity contribution >= 4 is 21.5 Å². The van der Waals surface area contributed by atoms with Crippen molar-refractivity contribution in [2.75, 3.05) is 18.4 Å². The first-order valence-corrected chi connectivity index (χ1v) is 9.89. The number of anilines is 1. The van der Waals surface area contributed by atoms with E-state index in [0.29, 0.717) is 11.5 Å². The number of sulfonamides is 1. The van der Waals surface area contributed by atoms with Crippen LogP contribution in [0.25, 0.3) is 0 Å². The molecule has 6 nitrogen and oxygen atoms in total. The van der Waals surface area contributed by atoms with E-state index >= 15 is 0 Å². The van der Waals surface area contributed by atoms with Gasteiger partial charge < -0.3 is 5.32 Å². The van der Waals surface area contributed by atoms with Gasteiger partial charge in [-0.25, -0.2) is 0 Å². The second-order valence-corrected chi connectivity index (χ2v) is 8.04. The van der Waals surface area contributed by atoms with Gasteiger partial charge in [0.25, 0.3) is 10.0 Å². The SMILES string of the molecule is O=S1(=O)N=C([C@H]2CCCN(Cc3ccccn3)C2)Nc2ccccc21. The summed E-state index contributed by atoms with van der Waals surface area (Å²) in [5.74, 6) is 0.644. The van der Waals surface area contributed by atoms with Crippen LogP contribution in [0.4, 0.5) is 5.69 Å². The lowest BCUT2D eigenvalue weighted by Gasteiger charge is -2.34. The first-order valence-electron chi connectivity index (χ1n) is 8.45. The molecule has 0 saturated carbocycles. The minimum atomic E-state index is -3.62. The highest BCUT2D eigenvalue weighted by molar-refractivity contribution is 7.90. The summed E-state index contributed by atoms with van der Waals surface area (Å²) in [7, 11) is -3.62. The summed E-state index contributed by atoms with van der Waals surface area (Å²) >= 11 is 0. The molecule has 0 radical (unpaired) electrons. The van der Waals surface area contributed by atoms with Gasteiger partial charge in [-0.15, -0.1) is 4.40 Å². The van der Waals surface area contributed by atoms with Crippen LogP contribution in [0.1, 0.15) is 18.5 Å². The van der Waals surface area contributed by atoms with Crippen molar-refractivity contribution in [1.82, 2.24) is 9.88 Å². The molecule has 1 aromatic carbocycles. The minimum Gasteiger partial charge on any atom is -0.342 e. The summed E-state index contributed by atoms with van der Waals surface area (Å²) < 4.78 is 29.0. The number of rotatable bonds is 3. The quantitative estimate of drug-likeness (QED) is 0.915. The number of amidine groups is 1. The second-order valence-electron chi connectivity index (χ2n) is 6.47. The van der Waals surface area contributed by atoms with Gasteiger partial charge in [0.15, 0.2) is 0 Å². The Labute approximate surface area is 147 Å². The van der Waals surface area contributed by atoms with E-state index in [1.807, 2.05) is 24.3 Å². The van der Waals surface area contributed by atoms with E-state index in [4.69, 9.17) is 0 Å². The van der Waals surface area contributed by atoms with Crippen molar-refractivity contribution in [1.29, 1.82) is 0 Å². The number of likely N-dealkylation sites (tertiary alicyclic amines) is 1. The molecule has 1 saturated heterocycles. The Morgan fingerprint density at radius 2 is 2.00 bits per heavy atom. The molecule has 0 amide bonds. The van der Waals surface area contributed by atoms with E-state index in [2.05, 4.69) is 19.6 Å². The molecule has 0 bridgehead atoms. The standard InChI is InChI=1S/C18H20N4O2S/c23-25(24)17-9-2-1-8-16(17)20-18(21-25)14-6-5-11-22(12-14)13-15-7-3-4-10-19-15/h1-4,7-10,14H,5-6,11-13H2,(H,20,21)/t14-/m0/s1. The second kappa shape index (κ2) is 6.57. The number of hydrogen-bond donors (Lipinski definition) is 1. The number of nitrogens with one attached hydrogen (secondary N) is 1. The lowest BCUT2D eigenvalue weighted by atomic mass is 9.96. The third-order valence-corrected chi connectivity index (χ3v) is 6.00. The zero-order valence-corrected chi connectivity index (χ0v) is 14.6. The van der Waals surface area contributed by atoms with Crippen LogP contribution in [-0.4, -0.2) is 37.2 Å². The Kier molecular flexibility index (Phi) is 4.27. The Bertz CT molecular complexity index is 896. The monoisotopic (exact) mass is 356 g/mol. The van der Waals surface area contributed by atoms with Gasteiger partial charge in [-0.1, -0.05) is 18.2 Å². The van der Waals surface area contributed by atoms with E-state index in [0.717, 1.165) is 38.2 Å². The lowest BCUT2D eigenvalue weighted by molar-refractivity contribution is 0.194. The Morgan fingerprint density at radius 1 is 1.16 bits per heavy atom. The first-order chi connectivity index (χ1) is 12.1. The fraction of sp³-hybridized carbons (Fsp3) is 0.333. The predicted octanol–water partition coefficient (Wildman–Crippen LogP) is 2.51. The summed E-state index contributed by atoms with van der Waals surface area (Å²) in [6, 6.07) is 12.8. The maximum Gasteiger partial charge on any atom is 0.286 e. The number of benzene rings is 1. The van der Waals surface area contributed by atoms with Crippen LogP contribution in [0.3, 0.4) is 0 Å². The first kappa shape index (κ1) is 16.2. The van der Waals surface area contributed by atoms with Crippen molar-refractivity contribution in [2.45, 2.75) is 24.3 Å². The lowest BCUT2D eigenvalue weighted by Crippen LogP contribution is -2.41. The molecule has 1 aromatic heterocycles. The third-order valence-electron chi connectivity index (χ3n) is 4.65. The number of piperidine rings is 1. The predicted molar refractivity (Wildman–Crippen MR) is 96.9 cm³/mol. The largest absolute Gasteiger partial charge is 0.342 e. The highest BCUT2D eigenvalue weighted by Crippen LogP contribution is 2.30. The van der Waals surface area contributed by atoms with E-state index in [1.165, 1.54) is 0 Å². The van der Waals surface area contributed by atoms with Crippen LogP contribution < -0.4 is 5.32 Å². The van der Waals surface area contributed by atoms with Gasteiger partial charge in [0.05, 0.1) is 11.4 Å². The summed E-state index contributed by atoms with van der Waals surface area (Å²) in [4.78, 5) is 6.94. The van der Waals surface area contributed by atoms with E-state index < -0.39 is 10.0 Å². The van der Waals surface area contributed by atoms with E-state index in [-0.39, 0.29) is 10.8 Å². The highest BCUT2D eigenvalue weighted by Gasteiger charge is 2.31. The van der Waals surface area contributed by atoms with Gasteiger partial charge in [-0.05, 0) is 43.7 Å². The number of para-hydroxylation sites is 1. The third kappa shape index (κ3) is 3.43. The molecule has 4 rings (SSSR count). The van der Waals surface area contributed by atoms with Crippen molar-refractivity contribution in [3.63, 3.8) is 0 Å². The Morgan fingerprint density at radius 3 is 2.84 bits per heavy atom. The van der Waals surface area contributed by atoms with E-state index in [9.17, 15) is 8.42 Å². The number of pyridine rings is 1. The average molecular weight is 356 g/mol. The minimum absolute atomic E-state index is 0.0839. The Hall–Kier alpha value is -2.25. The molecule has 2 aliphatic heterocycles. The number of aromatic nitrogens is 1. The van der Waals surface area contributed by atoms with Crippen LogP contribution in [0, 0.1) is 5.92 Å². The number of hydrogen-bond acceptors (Lipinski definition) is 5. The Balaban J connectivity index is 1.53. The fourth-order valence-electron chi connectivity index (χ4n) is 3.45. The average Bonchev–Trinajstić information content (AvgIpc) is 2.62. The van der Waals surface area contributed by atoms with Crippen molar-refractivity contribution in [2.24, 2.45) is 10.3 Å². The highest BCUT2D eigenvalue weighted by atomic mass is 32.2. The van der Waals surface area contributed by atoms with Crippen molar-refractivity contribution < 1.29 is 8.42 Å². The number of nitrogens with zero attached hydrogens (tertiary/aromatic N) is 3. The summed E-state index contributed by atoms with van der Waals surface area (Å²) in [6.07, 6.45) is 3.75. The maximum absolute atomic E-state index is 12.4. The molecule has 2 aliphatic rings. The van der Waals surface area contributed by atoms with Crippen LogP contribution in [0.5, 0.6) is 0 Å². The zero-order chi connectivity index (χ0) is 17.3. The van der Waals surface area contributed by atoms with Crippen LogP contribution in [0.15, 0.2) is 58.0 Å². The molecular formula is C18H20N4O2S. The normalized spacial score (nSPS) is 22.6. The molecule has 2 aromatic rings. The molecule has 1 atom stereocenters. The zero-order valence-electron chi connectivity index (χ0n) is 13.8. The summed E-state index contributed by atoms with van der Waals surface area (Å²) in [5, 5.41) is 3.24.